The fourth-order valence-electron chi connectivity index (χ4n) is 1.88. The predicted octanol–water partition coefficient (Wildman–Crippen LogP) is 3.62. The normalized spacial score (nSPS) is 18.2. The van der Waals surface area contributed by atoms with E-state index in [1.807, 2.05) is 19.1 Å². The first-order chi connectivity index (χ1) is 7.27. The van der Waals surface area contributed by atoms with Gasteiger partial charge in [0, 0.05) is 5.92 Å². The van der Waals surface area contributed by atoms with E-state index in [0.717, 1.165) is 12.8 Å². The highest BCUT2D eigenvalue weighted by atomic mass is 16.3. The Hall–Kier alpha value is -0.820. The van der Waals surface area contributed by atoms with Crippen LogP contribution in [0.15, 0.2) is 36.0 Å². The molecule has 1 heteroatoms. The van der Waals surface area contributed by atoms with Crippen molar-refractivity contribution in [3.63, 3.8) is 0 Å². The van der Waals surface area contributed by atoms with Gasteiger partial charge in [0.1, 0.15) is 0 Å². The Kier molecular flexibility index (Phi) is 5.41. The molecule has 0 spiro atoms. The van der Waals surface area contributed by atoms with Crippen LogP contribution >= 0.6 is 0 Å². The van der Waals surface area contributed by atoms with Crippen molar-refractivity contribution in [2.45, 2.75) is 45.6 Å². The molecule has 1 nitrogen and oxygen atoms in total. The minimum atomic E-state index is -0.188. The van der Waals surface area contributed by atoms with Crippen LogP contribution in [0.1, 0.15) is 39.5 Å². The lowest BCUT2D eigenvalue weighted by Crippen LogP contribution is -2.17. The molecule has 84 valence electrons. The molecule has 0 radical (unpaired) electrons. The summed E-state index contributed by atoms with van der Waals surface area (Å²) < 4.78 is 0. The minimum absolute atomic E-state index is 0.188. The Morgan fingerprint density at radius 3 is 2.47 bits per heavy atom. The predicted molar refractivity (Wildman–Crippen MR) is 65.7 cm³/mol. The second kappa shape index (κ2) is 6.62. The van der Waals surface area contributed by atoms with Gasteiger partial charge >= 0.3 is 0 Å². The van der Waals surface area contributed by atoms with Gasteiger partial charge in [-0.05, 0) is 18.4 Å². The Morgan fingerprint density at radius 1 is 1.27 bits per heavy atom. The maximum absolute atomic E-state index is 9.91. The number of hydrogen-bond donors (Lipinski definition) is 1. The molecular formula is C14H22O. The van der Waals surface area contributed by atoms with Gasteiger partial charge in [-0.15, -0.1) is 0 Å². The van der Waals surface area contributed by atoms with Crippen molar-refractivity contribution in [2.75, 3.05) is 0 Å². The molecule has 0 heterocycles. The summed E-state index contributed by atoms with van der Waals surface area (Å²) in [7, 11) is 0. The van der Waals surface area contributed by atoms with Gasteiger partial charge in [-0.3, -0.25) is 0 Å². The average molecular weight is 206 g/mol. The van der Waals surface area contributed by atoms with Gasteiger partial charge in [0.2, 0.25) is 0 Å². The molecule has 0 aromatic carbocycles. The third kappa shape index (κ3) is 4.05. The fraction of sp³-hybridized carbons (Fsp3) is 0.571. The molecule has 0 aromatic rings. The quantitative estimate of drug-likeness (QED) is 0.703. The van der Waals surface area contributed by atoms with Crippen LogP contribution in [0.2, 0.25) is 0 Å². The van der Waals surface area contributed by atoms with Gasteiger partial charge in [0.25, 0.3) is 0 Å². The zero-order chi connectivity index (χ0) is 11.1. The molecule has 1 aliphatic rings. The first-order valence-electron chi connectivity index (χ1n) is 6.02. The number of hydrogen-bond acceptors (Lipinski definition) is 1. The Morgan fingerprint density at radius 2 is 1.93 bits per heavy atom. The monoisotopic (exact) mass is 206 g/mol. The van der Waals surface area contributed by atoms with Gasteiger partial charge in [-0.25, -0.2) is 0 Å². The molecule has 0 aliphatic heterocycles. The minimum Gasteiger partial charge on any atom is -0.393 e. The Bertz CT molecular complexity index is 247. The molecule has 0 bridgehead atoms. The lowest BCUT2D eigenvalue weighted by atomic mass is 9.92. The average Bonchev–Trinajstić information content (AvgIpc) is 2.75. The van der Waals surface area contributed by atoms with Crippen molar-refractivity contribution >= 4 is 0 Å². The van der Waals surface area contributed by atoms with Crippen LogP contribution in [-0.4, -0.2) is 11.2 Å². The van der Waals surface area contributed by atoms with Crippen molar-refractivity contribution in [3.8, 4) is 0 Å². The summed E-state index contributed by atoms with van der Waals surface area (Å²) in [6.07, 6.45) is 14.6. The summed E-state index contributed by atoms with van der Waals surface area (Å²) in [5, 5.41) is 9.91. The van der Waals surface area contributed by atoms with E-state index in [1.54, 1.807) is 0 Å². The molecule has 0 amide bonds. The number of allylic oxidation sites excluding steroid dienone is 5. The standard InChI is InChI=1S/C14H22O/c1-3-5-10-13(14(15)4-2)11-12-8-6-7-9-12/h6-9,11,13-15H,3-5,10H2,1-2H3. The second-order valence-corrected chi connectivity index (χ2v) is 4.17. The first-order valence-corrected chi connectivity index (χ1v) is 6.02. The zero-order valence-electron chi connectivity index (χ0n) is 9.82. The van der Waals surface area contributed by atoms with E-state index in [2.05, 4.69) is 25.2 Å². The van der Waals surface area contributed by atoms with Crippen LogP contribution in [0.3, 0.4) is 0 Å². The maximum atomic E-state index is 9.91. The zero-order valence-corrected chi connectivity index (χ0v) is 9.82. The largest absolute Gasteiger partial charge is 0.393 e. The highest BCUT2D eigenvalue weighted by Gasteiger charge is 2.14. The van der Waals surface area contributed by atoms with Crippen molar-refractivity contribution in [3.05, 3.63) is 36.0 Å². The van der Waals surface area contributed by atoms with E-state index in [-0.39, 0.29) is 6.10 Å². The topological polar surface area (TPSA) is 20.2 Å². The summed E-state index contributed by atoms with van der Waals surface area (Å²) in [5.74, 6) is 0.317. The van der Waals surface area contributed by atoms with Crippen molar-refractivity contribution in [1.82, 2.24) is 0 Å². The van der Waals surface area contributed by atoms with Crippen molar-refractivity contribution in [2.24, 2.45) is 5.92 Å². The van der Waals surface area contributed by atoms with E-state index in [1.165, 1.54) is 18.4 Å². The highest BCUT2D eigenvalue weighted by molar-refractivity contribution is 5.40. The number of unbranched alkanes of at least 4 members (excludes halogenated alkanes) is 1. The molecule has 2 unspecified atom stereocenters. The van der Waals surface area contributed by atoms with E-state index in [4.69, 9.17) is 0 Å². The summed E-state index contributed by atoms with van der Waals surface area (Å²) in [4.78, 5) is 0. The molecule has 0 aromatic heterocycles. The fourth-order valence-corrected chi connectivity index (χ4v) is 1.88. The third-order valence-corrected chi connectivity index (χ3v) is 2.90. The van der Waals surface area contributed by atoms with Crippen LogP contribution in [0, 0.1) is 5.92 Å². The lowest BCUT2D eigenvalue weighted by molar-refractivity contribution is 0.120. The van der Waals surface area contributed by atoms with Gasteiger partial charge < -0.3 is 5.11 Å². The smallest absolute Gasteiger partial charge is 0.0600 e. The molecule has 0 fully saturated rings. The number of aliphatic hydroxyl groups is 1. The van der Waals surface area contributed by atoms with Crippen LogP contribution in [0.25, 0.3) is 0 Å². The Balaban J connectivity index is 2.59. The molecule has 1 rings (SSSR count). The second-order valence-electron chi connectivity index (χ2n) is 4.17. The van der Waals surface area contributed by atoms with Gasteiger partial charge in [0.05, 0.1) is 6.10 Å². The molecule has 1 aliphatic carbocycles. The number of rotatable bonds is 6. The lowest BCUT2D eigenvalue weighted by Gasteiger charge is -2.18. The van der Waals surface area contributed by atoms with Crippen LogP contribution in [0.4, 0.5) is 0 Å². The van der Waals surface area contributed by atoms with Gasteiger partial charge in [-0.1, -0.05) is 57.1 Å². The van der Waals surface area contributed by atoms with E-state index in [9.17, 15) is 5.11 Å². The van der Waals surface area contributed by atoms with Gasteiger partial charge in [-0.2, -0.15) is 0 Å². The van der Waals surface area contributed by atoms with Crippen LogP contribution in [0.5, 0.6) is 0 Å². The highest BCUT2D eigenvalue weighted by Crippen LogP contribution is 2.21. The summed E-state index contributed by atoms with van der Waals surface area (Å²) >= 11 is 0. The van der Waals surface area contributed by atoms with E-state index < -0.39 is 0 Å². The first kappa shape index (κ1) is 12.3. The summed E-state index contributed by atoms with van der Waals surface area (Å²) in [6.45, 7) is 4.24. The molecule has 15 heavy (non-hydrogen) atoms. The van der Waals surface area contributed by atoms with Crippen molar-refractivity contribution in [1.29, 1.82) is 0 Å². The van der Waals surface area contributed by atoms with Crippen LogP contribution < -0.4 is 0 Å². The van der Waals surface area contributed by atoms with Crippen molar-refractivity contribution < 1.29 is 5.11 Å². The molecule has 0 saturated carbocycles. The third-order valence-electron chi connectivity index (χ3n) is 2.90. The summed E-state index contributed by atoms with van der Waals surface area (Å²) in [5.41, 5.74) is 1.24. The van der Waals surface area contributed by atoms with E-state index in [0.29, 0.717) is 5.92 Å². The van der Waals surface area contributed by atoms with Crippen LogP contribution in [-0.2, 0) is 0 Å². The SMILES string of the molecule is CCCCC(C=C1C=CC=C1)C(O)CC. The molecule has 1 N–H and O–H groups in total. The number of aliphatic hydroxyl groups excluding tert-OH is 1. The van der Waals surface area contributed by atoms with Gasteiger partial charge in [0.15, 0.2) is 0 Å². The maximum Gasteiger partial charge on any atom is 0.0600 e. The molecule has 2 atom stereocenters. The van der Waals surface area contributed by atoms with E-state index >= 15 is 0 Å². The molecule has 0 saturated heterocycles. The summed E-state index contributed by atoms with van der Waals surface area (Å²) in [6, 6.07) is 0. The Labute approximate surface area is 93.2 Å². The molecular weight excluding hydrogens is 184 g/mol.